The van der Waals surface area contributed by atoms with E-state index in [-0.39, 0.29) is 22.6 Å². The molecule has 2 nitrogen and oxygen atoms in total. The Balaban J connectivity index is 1.65. The Labute approximate surface area is 197 Å². The van der Waals surface area contributed by atoms with E-state index in [0.29, 0.717) is 0 Å². The summed E-state index contributed by atoms with van der Waals surface area (Å²) in [6.07, 6.45) is 7.53. The van der Waals surface area contributed by atoms with Crippen LogP contribution in [0.2, 0.25) is 0 Å². The van der Waals surface area contributed by atoms with E-state index >= 15 is 4.39 Å². The molecule has 0 bridgehead atoms. The first-order valence-corrected chi connectivity index (χ1v) is 11.8. The van der Waals surface area contributed by atoms with Crippen LogP contribution in [0.5, 0.6) is 0 Å². The predicted octanol–water partition coefficient (Wildman–Crippen LogP) is 8.39. The molecule has 0 radical (unpaired) electrons. The van der Waals surface area contributed by atoms with E-state index < -0.39 is 0 Å². The fourth-order valence-electron chi connectivity index (χ4n) is 4.78. The molecular formula is C30H35FN2. The quantitative estimate of drug-likeness (QED) is 0.422. The lowest BCUT2D eigenvalue weighted by molar-refractivity contribution is 0.454. The van der Waals surface area contributed by atoms with Gasteiger partial charge in [0.05, 0.1) is 6.20 Å². The van der Waals surface area contributed by atoms with Gasteiger partial charge in [-0.3, -0.25) is 5.10 Å². The van der Waals surface area contributed by atoms with Crippen molar-refractivity contribution >= 4 is 5.57 Å². The minimum absolute atomic E-state index is 0.00423. The van der Waals surface area contributed by atoms with Crippen LogP contribution in [-0.4, -0.2) is 10.2 Å². The minimum Gasteiger partial charge on any atom is -0.285 e. The van der Waals surface area contributed by atoms with E-state index in [1.807, 2.05) is 31.5 Å². The maximum Gasteiger partial charge on any atom is 0.111 e. The van der Waals surface area contributed by atoms with Gasteiger partial charge in [0.2, 0.25) is 0 Å². The zero-order valence-electron chi connectivity index (χ0n) is 20.7. The molecule has 172 valence electrons. The highest BCUT2D eigenvalue weighted by molar-refractivity contribution is 5.78. The fourth-order valence-corrected chi connectivity index (χ4v) is 4.78. The van der Waals surface area contributed by atoms with Crippen molar-refractivity contribution in [2.75, 3.05) is 0 Å². The molecule has 1 unspecified atom stereocenters. The maximum absolute atomic E-state index is 15.3. The highest BCUT2D eigenvalue weighted by Crippen LogP contribution is 2.41. The molecule has 33 heavy (non-hydrogen) atoms. The normalized spacial score (nSPS) is 17.3. The SMILES string of the molecule is CC1CC(CC(C)(C)c2cccc(-c3cn[nH]c3)c2)=CC(c2cccc(C(C)(C)C)c2)=C1F. The highest BCUT2D eigenvalue weighted by atomic mass is 19.1. The number of halogens is 1. The van der Waals surface area contributed by atoms with Crippen LogP contribution in [0.25, 0.3) is 16.7 Å². The lowest BCUT2D eigenvalue weighted by Crippen LogP contribution is -2.20. The molecule has 1 atom stereocenters. The van der Waals surface area contributed by atoms with E-state index in [9.17, 15) is 0 Å². The summed E-state index contributed by atoms with van der Waals surface area (Å²) >= 11 is 0. The summed E-state index contributed by atoms with van der Waals surface area (Å²) in [6.45, 7) is 13.1. The zero-order chi connectivity index (χ0) is 23.8. The van der Waals surface area contributed by atoms with Crippen molar-refractivity contribution in [2.24, 2.45) is 5.92 Å². The molecule has 0 saturated carbocycles. The summed E-state index contributed by atoms with van der Waals surface area (Å²) < 4.78 is 15.3. The van der Waals surface area contributed by atoms with Crippen LogP contribution < -0.4 is 0 Å². The summed E-state index contributed by atoms with van der Waals surface area (Å²) in [5.74, 6) is -0.101. The summed E-state index contributed by atoms with van der Waals surface area (Å²) in [6, 6.07) is 17.0. The number of nitrogens with one attached hydrogen (secondary N) is 1. The molecule has 1 aromatic heterocycles. The number of rotatable bonds is 5. The maximum atomic E-state index is 15.3. The van der Waals surface area contributed by atoms with Crippen LogP contribution in [0.1, 0.15) is 71.1 Å². The third-order valence-corrected chi connectivity index (χ3v) is 6.79. The highest BCUT2D eigenvalue weighted by Gasteiger charge is 2.28. The average molecular weight is 443 g/mol. The van der Waals surface area contributed by atoms with E-state index in [0.717, 1.165) is 35.1 Å². The Kier molecular flexibility index (Phi) is 6.18. The molecule has 0 aliphatic heterocycles. The van der Waals surface area contributed by atoms with Gasteiger partial charge in [0.15, 0.2) is 0 Å². The number of nitrogens with zero attached hydrogens (tertiary/aromatic N) is 1. The molecule has 1 N–H and O–H groups in total. The molecule has 2 aromatic carbocycles. The largest absolute Gasteiger partial charge is 0.285 e. The van der Waals surface area contributed by atoms with Crippen molar-refractivity contribution < 1.29 is 4.39 Å². The minimum atomic E-state index is -0.105. The van der Waals surface area contributed by atoms with Crippen molar-refractivity contribution in [3.05, 3.63) is 95.1 Å². The summed E-state index contributed by atoms with van der Waals surface area (Å²) in [5.41, 5.74) is 7.74. The summed E-state index contributed by atoms with van der Waals surface area (Å²) in [7, 11) is 0. The van der Waals surface area contributed by atoms with Gasteiger partial charge in [-0.25, -0.2) is 4.39 Å². The second kappa shape index (κ2) is 8.78. The van der Waals surface area contributed by atoms with Gasteiger partial charge in [0.25, 0.3) is 0 Å². The van der Waals surface area contributed by atoms with Crippen molar-refractivity contribution in [1.82, 2.24) is 10.2 Å². The molecule has 1 aliphatic rings. The third-order valence-electron chi connectivity index (χ3n) is 6.79. The van der Waals surface area contributed by atoms with Gasteiger partial charge in [-0.15, -0.1) is 0 Å². The molecule has 3 heteroatoms. The number of aromatic amines is 1. The van der Waals surface area contributed by atoms with Gasteiger partial charge < -0.3 is 0 Å². The van der Waals surface area contributed by atoms with Crippen molar-refractivity contribution in [3.63, 3.8) is 0 Å². The Bertz CT molecular complexity index is 1190. The Morgan fingerprint density at radius 3 is 2.27 bits per heavy atom. The molecule has 1 heterocycles. The Morgan fingerprint density at radius 2 is 1.61 bits per heavy atom. The Morgan fingerprint density at radius 1 is 0.939 bits per heavy atom. The first kappa shape index (κ1) is 23.2. The van der Waals surface area contributed by atoms with Crippen LogP contribution in [0.15, 0.2) is 78.4 Å². The van der Waals surface area contributed by atoms with Crippen molar-refractivity contribution in [2.45, 2.75) is 65.2 Å². The van der Waals surface area contributed by atoms with Gasteiger partial charge >= 0.3 is 0 Å². The molecule has 0 spiro atoms. The van der Waals surface area contributed by atoms with Crippen molar-refractivity contribution in [3.8, 4) is 11.1 Å². The standard InChI is InChI=1S/C30H35FN2/c1-20-13-21(14-27(28(20)31)23-10-8-11-25(16-23)29(2,3)4)17-30(5,6)26-12-7-9-22(15-26)24-18-32-33-19-24/h7-12,14-16,18-20H,13,17H2,1-6H3,(H,32,33). The van der Waals surface area contributed by atoms with E-state index in [1.165, 1.54) is 16.7 Å². The second-order valence-corrected chi connectivity index (χ2v) is 11.1. The van der Waals surface area contributed by atoms with E-state index in [4.69, 9.17) is 0 Å². The Hall–Kier alpha value is -2.94. The number of aromatic nitrogens is 2. The molecule has 0 fully saturated rings. The smallest absolute Gasteiger partial charge is 0.111 e. The van der Waals surface area contributed by atoms with E-state index in [2.05, 4.69) is 87.3 Å². The predicted molar refractivity (Wildman–Crippen MR) is 137 cm³/mol. The van der Waals surface area contributed by atoms with Crippen LogP contribution in [0, 0.1) is 5.92 Å². The topological polar surface area (TPSA) is 28.7 Å². The van der Waals surface area contributed by atoms with Crippen LogP contribution in [0.3, 0.4) is 0 Å². The lowest BCUT2D eigenvalue weighted by atomic mass is 9.74. The first-order chi connectivity index (χ1) is 15.5. The number of allylic oxidation sites excluding steroid dienone is 4. The summed E-state index contributed by atoms with van der Waals surface area (Å²) in [4.78, 5) is 0. The lowest BCUT2D eigenvalue weighted by Gasteiger charge is -2.30. The number of benzene rings is 2. The zero-order valence-corrected chi connectivity index (χ0v) is 20.7. The van der Waals surface area contributed by atoms with Crippen LogP contribution >= 0.6 is 0 Å². The van der Waals surface area contributed by atoms with Crippen LogP contribution in [0.4, 0.5) is 4.39 Å². The molecular weight excluding hydrogens is 407 g/mol. The second-order valence-electron chi connectivity index (χ2n) is 11.1. The third kappa shape index (κ3) is 5.03. The molecule has 3 aromatic rings. The van der Waals surface area contributed by atoms with Crippen molar-refractivity contribution in [1.29, 1.82) is 0 Å². The summed E-state index contributed by atoms with van der Waals surface area (Å²) in [5, 5.41) is 6.98. The molecule has 1 aliphatic carbocycles. The number of hydrogen-bond donors (Lipinski definition) is 1. The van der Waals surface area contributed by atoms with Gasteiger partial charge in [-0.05, 0) is 45.9 Å². The number of hydrogen-bond acceptors (Lipinski definition) is 1. The molecule has 0 saturated heterocycles. The van der Waals surface area contributed by atoms with Gasteiger partial charge in [0.1, 0.15) is 5.83 Å². The monoisotopic (exact) mass is 442 g/mol. The average Bonchev–Trinajstić information content (AvgIpc) is 3.30. The van der Waals surface area contributed by atoms with Gasteiger partial charge in [-0.1, -0.05) is 102 Å². The number of H-pyrrole nitrogens is 1. The molecule has 4 rings (SSSR count). The van der Waals surface area contributed by atoms with E-state index in [1.54, 1.807) is 0 Å². The first-order valence-electron chi connectivity index (χ1n) is 11.8. The fraction of sp³-hybridized carbons (Fsp3) is 0.367. The van der Waals surface area contributed by atoms with Crippen LogP contribution in [-0.2, 0) is 10.8 Å². The van der Waals surface area contributed by atoms with Gasteiger partial charge in [0, 0.05) is 23.3 Å². The molecule has 0 amide bonds. The van der Waals surface area contributed by atoms with Gasteiger partial charge in [-0.2, -0.15) is 5.10 Å².